The number of nitro groups is 1. The fourth-order valence-corrected chi connectivity index (χ4v) is 1.24. The van der Waals surface area contributed by atoms with E-state index in [0.29, 0.717) is 0 Å². The lowest BCUT2D eigenvalue weighted by Gasteiger charge is -2.00. The Kier molecular flexibility index (Phi) is 2.55. The first-order chi connectivity index (χ1) is 7.68. The standard InChI is InChI=1S/C10H6FN3O2/c11-9-3-2-7(14(15)16)6-8(9)10-12-4-1-5-13-10/h1-6H. The summed E-state index contributed by atoms with van der Waals surface area (Å²) in [6.07, 6.45) is 2.89. The van der Waals surface area contributed by atoms with E-state index in [2.05, 4.69) is 9.97 Å². The van der Waals surface area contributed by atoms with Crippen molar-refractivity contribution >= 4 is 5.69 Å². The molecule has 1 heterocycles. The molecule has 0 spiro atoms. The summed E-state index contributed by atoms with van der Waals surface area (Å²) >= 11 is 0. The lowest BCUT2D eigenvalue weighted by atomic mass is 10.2. The summed E-state index contributed by atoms with van der Waals surface area (Å²) in [5.41, 5.74) is -0.168. The largest absolute Gasteiger partial charge is 0.270 e. The molecule has 80 valence electrons. The molecule has 2 rings (SSSR count). The van der Waals surface area contributed by atoms with Crippen LogP contribution in [0.15, 0.2) is 36.7 Å². The van der Waals surface area contributed by atoms with Crippen molar-refractivity contribution in [3.63, 3.8) is 0 Å². The zero-order valence-corrected chi connectivity index (χ0v) is 8.00. The summed E-state index contributed by atoms with van der Waals surface area (Å²) in [6, 6.07) is 4.83. The van der Waals surface area contributed by atoms with Crippen molar-refractivity contribution in [3.05, 3.63) is 52.6 Å². The quantitative estimate of drug-likeness (QED) is 0.573. The second-order valence-corrected chi connectivity index (χ2v) is 2.99. The van der Waals surface area contributed by atoms with Crippen molar-refractivity contribution < 1.29 is 9.31 Å². The van der Waals surface area contributed by atoms with Crippen LogP contribution in [0.25, 0.3) is 11.4 Å². The van der Waals surface area contributed by atoms with Crippen LogP contribution in [0, 0.1) is 15.9 Å². The summed E-state index contributed by atoms with van der Waals surface area (Å²) in [5.74, 6) is -0.458. The van der Waals surface area contributed by atoms with E-state index in [-0.39, 0.29) is 17.1 Å². The molecule has 1 aromatic carbocycles. The minimum Gasteiger partial charge on any atom is -0.258 e. The Bertz CT molecular complexity index is 531. The van der Waals surface area contributed by atoms with Crippen LogP contribution < -0.4 is 0 Å². The second kappa shape index (κ2) is 4.01. The van der Waals surface area contributed by atoms with Gasteiger partial charge in [-0.05, 0) is 12.1 Å². The van der Waals surface area contributed by atoms with Crippen LogP contribution in [0.3, 0.4) is 0 Å². The van der Waals surface area contributed by atoms with E-state index in [1.165, 1.54) is 12.4 Å². The minimum absolute atomic E-state index is 0.0230. The molecule has 0 atom stereocenters. The van der Waals surface area contributed by atoms with E-state index in [4.69, 9.17) is 0 Å². The lowest BCUT2D eigenvalue weighted by Crippen LogP contribution is -1.94. The van der Waals surface area contributed by atoms with E-state index < -0.39 is 10.7 Å². The minimum atomic E-state index is -0.591. The maximum absolute atomic E-state index is 13.4. The number of halogens is 1. The Labute approximate surface area is 89.7 Å². The number of benzene rings is 1. The van der Waals surface area contributed by atoms with Gasteiger partial charge in [0.05, 0.1) is 10.5 Å². The van der Waals surface area contributed by atoms with Gasteiger partial charge in [0.1, 0.15) is 5.82 Å². The Balaban J connectivity index is 2.56. The zero-order chi connectivity index (χ0) is 11.5. The third-order valence-electron chi connectivity index (χ3n) is 1.97. The van der Waals surface area contributed by atoms with Crippen molar-refractivity contribution in [2.45, 2.75) is 0 Å². The molecule has 0 aliphatic carbocycles. The topological polar surface area (TPSA) is 68.9 Å². The first kappa shape index (κ1) is 10.2. The highest BCUT2D eigenvalue weighted by atomic mass is 19.1. The predicted octanol–water partition coefficient (Wildman–Crippen LogP) is 2.19. The lowest BCUT2D eigenvalue weighted by molar-refractivity contribution is -0.384. The normalized spacial score (nSPS) is 10.1. The maximum Gasteiger partial charge on any atom is 0.270 e. The van der Waals surface area contributed by atoms with Crippen molar-refractivity contribution in [2.24, 2.45) is 0 Å². The number of rotatable bonds is 2. The second-order valence-electron chi connectivity index (χ2n) is 2.99. The van der Waals surface area contributed by atoms with Crippen molar-refractivity contribution in [1.82, 2.24) is 9.97 Å². The predicted molar refractivity (Wildman–Crippen MR) is 54.1 cm³/mol. The molecule has 0 saturated heterocycles. The van der Waals surface area contributed by atoms with Crippen LogP contribution in [0.1, 0.15) is 0 Å². The van der Waals surface area contributed by atoms with Gasteiger partial charge < -0.3 is 0 Å². The summed E-state index contributed by atoms with van der Waals surface area (Å²) < 4.78 is 13.4. The molecule has 0 saturated carbocycles. The average Bonchev–Trinajstić information content (AvgIpc) is 2.30. The Hall–Kier alpha value is -2.37. The average molecular weight is 219 g/mol. The molecule has 5 nitrogen and oxygen atoms in total. The third kappa shape index (κ3) is 1.85. The SMILES string of the molecule is O=[N+]([O-])c1ccc(F)c(-c2ncccn2)c1. The molecule has 0 aliphatic heterocycles. The number of nitrogens with zero attached hydrogens (tertiary/aromatic N) is 3. The molecule has 0 amide bonds. The zero-order valence-electron chi connectivity index (χ0n) is 8.00. The number of non-ortho nitro benzene ring substituents is 1. The van der Waals surface area contributed by atoms with Crippen LogP contribution in [0.5, 0.6) is 0 Å². The van der Waals surface area contributed by atoms with Gasteiger partial charge in [-0.15, -0.1) is 0 Å². The smallest absolute Gasteiger partial charge is 0.258 e. The van der Waals surface area contributed by atoms with Gasteiger partial charge in [-0.2, -0.15) is 0 Å². The molecule has 1 aromatic heterocycles. The number of nitro benzene ring substituents is 1. The van der Waals surface area contributed by atoms with Crippen molar-refractivity contribution in [2.75, 3.05) is 0 Å². The fraction of sp³-hybridized carbons (Fsp3) is 0. The molecule has 0 radical (unpaired) electrons. The van der Waals surface area contributed by atoms with E-state index in [9.17, 15) is 14.5 Å². The maximum atomic E-state index is 13.4. The van der Waals surface area contributed by atoms with Gasteiger partial charge in [-0.25, -0.2) is 14.4 Å². The Morgan fingerprint density at radius 3 is 2.56 bits per heavy atom. The van der Waals surface area contributed by atoms with Crippen molar-refractivity contribution in [1.29, 1.82) is 0 Å². The van der Waals surface area contributed by atoms with E-state index >= 15 is 0 Å². The highest BCUT2D eigenvalue weighted by Gasteiger charge is 2.13. The highest BCUT2D eigenvalue weighted by Crippen LogP contribution is 2.23. The molecule has 0 unspecified atom stereocenters. The molecular weight excluding hydrogens is 213 g/mol. The molecule has 0 bridgehead atoms. The van der Waals surface area contributed by atoms with Crippen LogP contribution in [0.2, 0.25) is 0 Å². The molecular formula is C10H6FN3O2. The van der Waals surface area contributed by atoms with Crippen LogP contribution >= 0.6 is 0 Å². The van der Waals surface area contributed by atoms with Gasteiger partial charge in [0.2, 0.25) is 0 Å². The van der Waals surface area contributed by atoms with Gasteiger partial charge in [0.15, 0.2) is 5.82 Å². The van der Waals surface area contributed by atoms with Gasteiger partial charge >= 0.3 is 0 Å². The number of hydrogen-bond donors (Lipinski definition) is 0. The van der Waals surface area contributed by atoms with Crippen LogP contribution in [0.4, 0.5) is 10.1 Å². The third-order valence-corrected chi connectivity index (χ3v) is 1.97. The van der Waals surface area contributed by atoms with Gasteiger partial charge in [0, 0.05) is 24.5 Å². The summed E-state index contributed by atoms with van der Waals surface area (Å²) in [7, 11) is 0. The van der Waals surface area contributed by atoms with Gasteiger partial charge in [-0.3, -0.25) is 10.1 Å². The van der Waals surface area contributed by atoms with Crippen molar-refractivity contribution in [3.8, 4) is 11.4 Å². The monoisotopic (exact) mass is 219 g/mol. The van der Waals surface area contributed by atoms with Crippen LogP contribution in [-0.2, 0) is 0 Å². The number of aromatic nitrogens is 2. The summed E-state index contributed by atoms with van der Waals surface area (Å²) in [4.78, 5) is 17.6. The van der Waals surface area contributed by atoms with E-state index in [0.717, 1.165) is 18.2 Å². The molecule has 6 heteroatoms. The van der Waals surface area contributed by atoms with E-state index in [1.54, 1.807) is 6.07 Å². The Morgan fingerprint density at radius 1 is 1.25 bits per heavy atom. The number of hydrogen-bond acceptors (Lipinski definition) is 4. The van der Waals surface area contributed by atoms with Crippen LogP contribution in [-0.4, -0.2) is 14.9 Å². The molecule has 16 heavy (non-hydrogen) atoms. The molecule has 2 aromatic rings. The summed E-state index contributed by atoms with van der Waals surface area (Å²) in [6.45, 7) is 0. The van der Waals surface area contributed by atoms with E-state index in [1.807, 2.05) is 0 Å². The van der Waals surface area contributed by atoms with Gasteiger partial charge in [0.25, 0.3) is 5.69 Å². The highest BCUT2D eigenvalue weighted by molar-refractivity contribution is 5.59. The summed E-state index contributed by atoms with van der Waals surface area (Å²) in [5, 5.41) is 10.5. The Morgan fingerprint density at radius 2 is 1.94 bits per heavy atom. The fourth-order valence-electron chi connectivity index (χ4n) is 1.24. The first-order valence-electron chi connectivity index (χ1n) is 4.40. The molecule has 0 aliphatic rings. The van der Waals surface area contributed by atoms with Gasteiger partial charge in [-0.1, -0.05) is 0 Å². The molecule has 0 fully saturated rings. The molecule has 0 N–H and O–H groups in total. The first-order valence-corrected chi connectivity index (χ1v) is 4.40.